The van der Waals surface area contributed by atoms with Gasteiger partial charge in [0.2, 0.25) is 5.91 Å². The quantitative estimate of drug-likeness (QED) is 0.855. The van der Waals surface area contributed by atoms with Crippen molar-refractivity contribution < 1.29 is 9.59 Å². The molecule has 22 heavy (non-hydrogen) atoms. The summed E-state index contributed by atoms with van der Waals surface area (Å²) in [5.74, 6) is -0.261. The Kier molecular flexibility index (Phi) is 3.63. The summed E-state index contributed by atoms with van der Waals surface area (Å²) < 4.78 is 0. The molecule has 0 saturated heterocycles. The van der Waals surface area contributed by atoms with Gasteiger partial charge in [-0.3, -0.25) is 19.5 Å². The Balaban J connectivity index is 2.05. The number of amides is 2. The molecule has 2 heterocycles. The van der Waals surface area contributed by atoms with E-state index < -0.39 is 0 Å². The number of fused-ring (bicyclic) bond motifs is 1. The number of para-hydroxylation sites is 2. The van der Waals surface area contributed by atoms with Gasteiger partial charge < -0.3 is 4.90 Å². The molecule has 2 aromatic rings. The molecule has 5 heteroatoms. The summed E-state index contributed by atoms with van der Waals surface area (Å²) in [7, 11) is 0. The van der Waals surface area contributed by atoms with Gasteiger partial charge in [0, 0.05) is 24.0 Å². The lowest BCUT2D eigenvalue weighted by atomic mass is 10.1. The molecule has 1 aromatic carbocycles. The minimum absolute atomic E-state index is 0.0480. The van der Waals surface area contributed by atoms with Gasteiger partial charge >= 0.3 is 0 Å². The van der Waals surface area contributed by atoms with E-state index in [2.05, 4.69) is 4.98 Å². The predicted molar refractivity (Wildman–Crippen MR) is 85.0 cm³/mol. The van der Waals surface area contributed by atoms with Gasteiger partial charge in [-0.05, 0) is 38.1 Å². The molecule has 0 aliphatic carbocycles. The van der Waals surface area contributed by atoms with Crippen molar-refractivity contribution in [2.24, 2.45) is 0 Å². The van der Waals surface area contributed by atoms with Gasteiger partial charge in [-0.15, -0.1) is 0 Å². The number of benzene rings is 1. The zero-order valence-corrected chi connectivity index (χ0v) is 12.6. The SMILES string of the molecule is CC(C)N1C(=O)CN(C(=O)c2ccncc2)c2ccccc21. The van der Waals surface area contributed by atoms with Crippen molar-refractivity contribution in [2.75, 3.05) is 16.3 Å². The van der Waals surface area contributed by atoms with Crippen LogP contribution in [0.3, 0.4) is 0 Å². The largest absolute Gasteiger partial charge is 0.306 e. The zero-order chi connectivity index (χ0) is 15.7. The van der Waals surface area contributed by atoms with E-state index in [1.165, 1.54) is 4.90 Å². The van der Waals surface area contributed by atoms with Gasteiger partial charge in [0.15, 0.2) is 0 Å². The lowest BCUT2D eigenvalue weighted by Crippen LogP contribution is -2.50. The second-order valence-electron chi connectivity index (χ2n) is 5.47. The normalized spacial score (nSPS) is 14.2. The molecule has 2 amide bonds. The Morgan fingerprint density at radius 1 is 1.09 bits per heavy atom. The van der Waals surface area contributed by atoms with Crippen LogP contribution >= 0.6 is 0 Å². The summed E-state index contributed by atoms with van der Waals surface area (Å²) in [6.45, 7) is 3.99. The topological polar surface area (TPSA) is 53.5 Å². The van der Waals surface area contributed by atoms with E-state index in [1.54, 1.807) is 29.4 Å². The number of pyridine rings is 1. The van der Waals surface area contributed by atoms with E-state index in [0.717, 1.165) is 11.4 Å². The standard InChI is InChI=1S/C17H17N3O2/c1-12(2)20-15-6-4-3-5-14(15)19(11-16(20)21)17(22)13-7-9-18-10-8-13/h3-10,12H,11H2,1-2H3. The molecule has 0 N–H and O–H groups in total. The zero-order valence-electron chi connectivity index (χ0n) is 12.6. The van der Waals surface area contributed by atoms with Crippen LogP contribution in [-0.4, -0.2) is 29.4 Å². The number of aromatic nitrogens is 1. The van der Waals surface area contributed by atoms with Crippen molar-refractivity contribution in [3.8, 4) is 0 Å². The third-order valence-corrected chi connectivity index (χ3v) is 3.68. The highest BCUT2D eigenvalue weighted by Gasteiger charge is 2.33. The highest BCUT2D eigenvalue weighted by Crippen LogP contribution is 2.35. The molecule has 0 saturated carbocycles. The molecule has 1 aliphatic heterocycles. The van der Waals surface area contributed by atoms with Crippen LogP contribution < -0.4 is 9.80 Å². The van der Waals surface area contributed by atoms with Crippen molar-refractivity contribution in [3.63, 3.8) is 0 Å². The van der Waals surface area contributed by atoms with Crippen LogP contribution in [0.4, 0.5) is 11.4 Å². The number of anilines is 2. The van der Waals surface area contributed by atoms with Crippen LogP contribution in [-0.2, 0) is 4.79 Å². The van der Waals surface area contributed by atoms with Crippen LogP contribution in [0.15, 0.2) is 48.8 Å². The number of hydrogen-bond donors (Lipinski definition) is 0. The Morgan fingerprint density at radius 2 is 1.73 bits per heavy atom. The Hall–Kier alpha value is -2.69. The van der Waals surface area contributed by atoms with E-state index in [1.807, 2.05) is 38.1 Å². The van der Waals surface area contributed by atoms with Crippen LogP contribution in [0, 0.1) is 0 Å². The van der Waals surface area contributed by atoms with Gasteiger partial charge in [0.25, 0.3) is 5.91 Å². The van der Waals surface area contributed by atoms with Gasteiger partial charge in [0.1, 0.15) is 6.54 Å². The average Bonchev–Trinajstić information content (AvgIpc) is 2.53. The lowest BCUT2D eigenvalue weighted by molar-refractivity contribution is -0.117. The molecule has 112 valence electrons. The van der Waals surface area contributed by atoms with Crippen molar-refractivity contribution in [1.29, 1.82) is 0 Å². The number of hydrogen-bond acceptors (Lipinski definition) is 3. The maximum Gasteiger partial charge on any atom is 0.258 e. The van der Waals surface area contributed by atoms with E-state index >= 15 is 0 Å². The summed E-state index contributed by atoms with van der Waals surface area (Å²) in [5, 5.41) is 0. The molecule has 0 atom stereocenters. The van der Waals surface area contributed by atoms with E-state index in [4.69, 9.17) is 0 Å². The average molecular weight is 295 g/mol. The third kappa shape index (κ3) is 2.35. The third-order valence-electron chi connectivity index (χ3n) is 3.68. The van der Waals surface area contributed by atoms with E-state index in [-0.39, 0.29) is 24.4 Å². The van der Waals surface area contributed by atoms with Crippen LogP contribution in [0.25, 0.3) is 0 Å². The molecule has 0 radical (unpaired) electrons. The minimum atomic E-state index is -0.188. The summed E-state index contributed by atoms with van der Waals surface area (Å²) >= 11 is 0. The maximum atomic E-state index is 12.7. The predicted octanol–water partition coefficient (Wildman–Crippen LogP) is 2.48. The van der Waals surface area contributed by atoms with Crippen molar-refractivity contribution >= 4 is 23.2 Å². The number of nitrogens with zero attached hydrogens (tertiary/aromatic N) is 3. The monoisotopic (exact) mass is 295 g/mol. The van der Waals surface area contributed by atoms with E-state index in [9.17, 15) is 9.59 Å². The molecule has 1 aliphatic rings. The second kappa shape index (κ2) is 5.60. The summed E-state index contributed by atoms with van der Waals surface area (Å²) in [6, 6.07) is 10.9. The molecular weight excluding hydrogens is 278 g/mol. The fourth-order valence-corrected chi connectivity index (χ4v) is 2.72. The smallest absolute Gasteiger partial charge is 0.258 e. The summed E-state index contributed by atoms with van der Waals surface area (Å²) in [6.07, 6.45) is 3.15. The molecule has 3 rings (SSSR count). The first-order valence-corrected chi connectivity index (χ1v) is 7.22. The Bertz CT molecular complexity index is 713. The molecule has 0 unspecified atom stereocenters. The van der Waals surface area contributed by atoms with Crippen molar-refractivity contribution in [3.05, 3.63) is 54.4 Å². The van der Waals surface area contributed by atoms with E-state index in [0.29, 0.717) is 5.56 Å². The maximum absolute atomic E-state index is 12.7. The fraction of sp³-hybridized carbons (Fsp3) is 0.235. The summed E-state index contributed by atoms with van der Waals surface area (Å²) in [4.78, 5) is 32.4. The summed E-state index contributed by atoms with van der Waals surface area (Å²) in [5.41, 5.74) is 2.06. The number of rotatable bonds is 2. The number of carbonyl (C=O) groups is 2. The lowest BCUT2D eigenvalue weighted by Gasteiger charge is -2.38. The number of carbonyl (C=O) groups excluding carboxylic acids is 2. The van der Waals surface area contributed by atoms with Crippen molar-refractivity contribution in [2.45, 2.75) is 19.9 Å². The molecule has 5 nitrogen and oxygen atoms in total. The van der Waals surface area contributed by atoms with Crippen LogP contribution in [0.2, 0.25) is 0 Å². The molecule has 0 spiro atoms. The van der Waals surface area contributed by atoms with Crippen LogP contribution in [0.1, 0.15) is 24.2 Å². The first-order chi connectivity index (χ1) is 10.6. The van der Waals surface area contributed by atoms with Gasteiger partial charge in [-0.25, -0.2) is 0 Å². The molecule has 0 bridgehead atoms. The van der Waals surface area contributed by atoms with Gasteiger partial charge in [0.05, 0.1) is 11.4 Å². The molecule has 1 aromatic heterocycles. The van der Waals surface area contributed by atoms with Gasteiger partial charge in [-0.2, -0.15) is 0 Å². The van der Waals surface area contributed by atoms with Gasteiger partial charge in [-0.1, -0.05) is 12.1 Å². The molecular formula is C17H17N3O2. The molecule has 0 fully saturated rings. The first-order valence-electron chi connectivity index (χ1n) is 7.22. The Labute approximate surface area is 129 Å². The fourth-order valence-electron chi connectivity index (χ4n) is 2.72. The first kappa shape index (κ1) is 14.3. The highest BCUT2D eigenvalue weighted by molar-refractivity contribution is 6.15. The van der Waals surface area contributed by atoms with Crippen molar-refractivity contribution in [1.82, 2.24) is 4.98 Å². The minimum Gasteiger partial charge on any atom is -0.306 e. The second-order valence-corrected chi connectivity index (χ2v) is 5.47. The highest BCUT2D eigenvalue weighted by atomic mass is 16.2. The Morgan fingerprint density at radius 3 is 2.36 bits per heavy atom. The van der Waals surface area contributed by atoms with Crippen LogP contribution in [0.5, 0.6) is 0 Å².